The second-order valence-corrected chi connectivity index (χ2v) is 3.86. The molecule has 0 aliphatic carbocycles. The van der Waals surface area contributed by atoms with Crippen LogP contribution < -0.4 is 4.74 Å². The van der Waals surface area contributed by atoms with Crippen LogP contribution in [0.25, 0.3) is 0 Å². The van der Waals surface area contributed by atoms with E-state index in [4.69, 9.17) is 10.00 Å². The molecule has 86 valence electrons. The highest BCUT2D eigenvalue weighted by Crippen LogP contribution is 2.13. The molecule has 2 heteroatoms. The highest BCUT2D eigenvalue weighted by Gasteiger charge is 1.95. The highest BCUT2D eigenvalue weighted by atomic mass is 16.5. The highest BCUT2D eigenvalue weighted by molar-refractivity contribution is 5.27. The quantitative estimate of drug-likeness (QED) is 0.652. The van der Waals surface area contributed by atoms with Crippen LogP contribution in [-0.2, 0) is 6.42 Å². The van der Waals surface area contributed by atoms with Crippen LogP contribution >= 0.6 is 0 Å². The zero-order valence-corrected chi connectivity index (χ0v) is 9.91. The van der Waals surface area contributed by atoms with E-state index >= 15 is 0 Å². The van der Waals surface area contributed by atoms with Gasteiger partial charge in [-0.1, -0.05) is 25.5 Å². The van der Waals surface area contributed by atoms with Crippen molar-refractivity contribution in [1.29, 1.82) is 5.26 Å². The Morgan fingerprint density at radius 1 is 1.19 bits per heavy atom. The van der Waals surface area contributed by atoms with Gasteiger partial charge < -0.3 is 4.74 Å². The molecular formula is C14H19NO. The number of benzene rings is 1. The third-order valence-electron chi connectivity index (χ3n) is 2.41. The van der Waals surface area contributed by atoms with Crippen LogP contribution in [0.3, 0.4) is 0 Å². The van der Waals surface area contributed by atoms with Crippen LogP contribution in [0, 0.1) is 11.3 Å². The van der Waals surface area contributed by atoms with Gasteiger partial charge in [0.2, 0.25) is 0 Å². The van der Waals surface area contributed by atoms with Crippen LogP contribution in [0.1, 0.15) is 38.2 Å². The first-order valence-electron chi connectivity index (χ1n) is 5.95. The molecule has 0 saturated carbocycles. The lowest BCUT2D eigenvalue weighted by Crippen LogP contribution is -1.97. The molecule has 1 rings (SSSR count). The van der Waals surface area contributed by atoms with Gasteiger partial charge in [-0.15, -0.1) is 0 Å². The molecule has 0 saturated heterocycles. The first kappa shape index (κ1) is 12.6. The molecule has 1 aromatic carbocycles. The minimum Gasteiger partial charge on any atom is -0.494 e. The van der Waals surface area contributed by atoms with Gasteiger partial charge in [-0.05, 0) is 37.0 Å². The molecule has 0 amide bonds. The molecule has 0 aromatic heterocycles. The van der Waals surface area contributed by atoms with Gasteiger partial charge in [-0.25, -0.2) is 0 Å². The Labute approximate surface area is 97.9 Å². The SMILES string of the molecule is CCCc1ccc(OCCCCC#N)cc1. The summed E-state index contributed by atoms with van der Waals surface area (Å²) in [7, 11) is 0. The van der Waals surface area contributed by atoms with Gasteiger partial charge in [-0.2, -0.15) is 5.26 Å². The zero-order chi connectivity index (χ0) is 11.6. The smallest absolute Gasteiger partial charge is 0.119 e. The predicted octanol–water partition coefficient (Wildman–Crippen LogP) is 3.71. The molecule has 0 heterocycles. The fraction of sp³-hybridized carbons (Fsp3) is 0.500. The number of aryl methyl sites for hydroxylation is 1. The summed E-state index contributed by atoms with van der Waals surface area (Å²) in [5, 5.41) is 8.37. The summed E-state index contributed by atoms with van der Waals surface area (Å²) in [5.41, 5.74) is 1.36. The minimum absolute atomic E-state index is 0.624. The first-order valence-corrected chi connectivity index (χ1v) is 5.95. The molecule has 16 heavy (non-hydrogen) atoms. The normalized spacial score (nSPS) is 9.75. The first-order chi connectivity index (χ1) is 7.86. The third-order valence-corrected chi connectivity index (χ3v) is 2.41. The van der Waals surface area contributed by atoms with Crippen molar-refractivity contribution in [2.45, 2.75) is 39.0 Å². The second-order valence-electron chi connectivity index (χ2n) is 3.86. The fourth-order valence-electron chi connectivity index (χ4n) is 1.54. The second kappa shape index (κ2) is 7.76. The van der Waals surface area contributed by atoms with Crippen LogP contribution in [0.5, 0.6) is 5.75 Å². The molecule has 0 bridgehead atoms. The lowest BCUT2D eigenvalue weighted by Gasteiger charge is -2.06. The number of hydrogen-bond acceptors (Lipinski definition) is 2. The van der Waals surface area contributed by atoms with E-state index in [0.717, 1.165) is 25.0 Å². The molecule has 0 N–H and O–H groups in total. The Morgan fingerprint density at radius 3 is 2.56 bits per heavy atom. The Balaban J connectivity index is 2.24. The summed E-state index contributed by atoms with van der Waals surface area (Å²) in [6.45, 7) is 2.88. The topological polar surface area (TPSA) is 33.0 Å². The minimum atomic E-state index is 0.624. The van der Waals surface area contributed by atoms with Crippen LogP contribution in [0.15, 0.2) is 24.3 Å². The van der Waals surface area contributed by atoms with Crippen LogP contribution in [0.4, 0.5) is 0 Å². The standard InChI is InChI=1S/C14H19NO/c1-2-6-13-7-9-14(10-8-13)16-12-5-3-4-11-15/h7-10H,2-6,12H2,1H3. The monoisotopic (exact) mass is 217 g/mol. The van der Waals surface area contributed by atoms with E-state index in [1.807, 2.05) is 12.1 Å². The largest absolute Gasteiger partial charge is 0.494 e. The Bertz CT molecular complexity index is 324. The number of nitriles is 1. The molecule has 0 aliphatic heterocycles. The van der Waals surface area contributed by atoms with Crippen molar-refractivity contribution in [2.24, 2.45) is 0 Å². The Kier molecular flexibility index (Phi) is 6.10. The predicted molar refractivity (Wildman–Crippen MR) is 65.4 cm³/mol. The summed E-state index contributed by atoms with van der Waals surface area (Å²) in [6.07, 6.45) is 4.80. The average molecular weight is 217 g/mol. The van der Waals surface area contributed by atoms with Gasteiger partial charge in [0, 0.05) is 6.42 Å². The van der Waals surface area contributed by atoms with Crippen molar-refractivity contribution in [3.05, 3.63) is 29.8 Å². The molecule has 2 nitrogen and oxygen atoms in total. The van der Waals surface area contributed by atoms with Crippen molar-refractivity contribution in [1.82, 2.24) is 0 Å². The number of ether oxygens (including phenoxy) is 1. The maximum Gasteiger partial charge on any atom is 0.119 e. The molecule has 0 fully saturated rings. The average Bonchev–Trinajstić information content (AvgIpc) is 2.31. The maximum atomic E-state index is 8.37. The fourth-order valence-corrected chi connectivity index (χ4v) is 1.54. The summed E-state index contributed by atoms with van der Waals surface area (Å²) in [6, 6.07) is 10.4. The van der Waals surface area contributed by atoms with Crippen molar-refractivity contribution in [3.63, 3.8) is 0 Å². The van der Waals surface area contributed by atoms with E-state index in [-0.39, 0.29) is 0 Å². The van der Waals surface area contributed by atoms with E-state index in [9.17, 15) is 0 Å². The van der Waals surface area contributed by atoms with Gasteiger partial charge in [0.15, 0.2) is 0 Å². The number of rotatable bonds is 7. The number of hydrogen-bond donors (Lipinski definition) is 0. The van der Waals surface area contributed by atoms with E-state index < -0.39 is 0 Å². The summed E-state index contributed by atoms with van der Waals surface area (Å²) in [4.78, 5) is 0. The molecule has 1 aromatic rings. The zero-order valence-electron chi connectivity index (χ0n) is 9.91. The summed E-state index contributed by atoms with van der Waals surface area (Å²) in [5.74, 6) is 0.928. The molecule has 0 radical (unpaired) electrons. The van der Waals surface area contributed by atoms with Gasteiger partial charge >= 0.3 is 0 Å². The molecule has 0 unspecified atom stereocenters. The lowest BCUT2D eigenvalue weighted by molar-refractivity contribution is 0.307. The van der Waals surface area contributed by atoms with Crippen molar-refractivity contribution >= 4 is 0 Å². The summed E-state index contributed by atoms with van der Waals surface area (Å²) >= 11 is 0. The van der Waals surface area contributed by atoms with E-state index in [1.54, 1.807) is 0 Å². The van der Waals surface area contributed by atoms with Gasteiger partial charge in [0.1, 0.15) is 5.75 Å². The molecular weight excluding hydrogens is 198 g/mol. The lowest BCUT2D eigenvalue weighted by atomic mass is 10.1. The number of unbranched alkanes of at least 4 members (excludes halogenated alkanes) is 2. The molecule has 0 aliphatic rings. The van der Waals surface area contributed by atoms with Crippen molar-refractivity contribution < 1.29 is 4.74 Å². The Morgan fingerprint density at radius 2 is 1.94 bits per heavy atom. The van der Waals surface area contributed by atoms with Gasteiger partial charge in [-0.3, -0.25) is 0 Å². The van der Waals surface area contributed by atoms with Gasteiger partial charge in [0.25, 0.3) is 0 Å². The van der Waals surface area contributed by atoms with Crippen molar-refractivity contribution in [2.75, 3.05) is 6.61 Å². The molecule has 0 atom stereocenters. The van der Waals surface area contributed by atoms with Crippen LogP contribution in [-0.4, -0.2) is 6.61 Å². The van der Waals surface area contributed by atoms with E-state index in [2.05, 4.69) is 25.1 Å². The summed E-state index contributed by atoms with van der Waals surface area (Å²) < 4.78 is 5.58. The van der Waals surface area contributed by atoms with E-state index in [0.29, 0.717) is 13.0 Å². The number of nitrogens with zero attached hydrogens (tertiary/aromatic N) is 1. The molecule has 0 spiro atoms. The van der Waals surface area contributed by atoms with Gasteiger partial charge in [0.05, 0.1) is 12.7 Å². The van der Waals surface area contributed by atoms with E-state index in [1.165, 1.54) is 12.0 Å². The van der Waals surface area contributed by atoms with Crippen molar-refractivity contribution in [3.8, 4) is 11.8 Å². The Hall–Kier alpha value is -1.49. The third kappa shape index (κ3) is 4.84. The maximum absolute atomic E-state index is 8.37. The van der Waals surface area contributed by atoms with Crippen LogP contribution in [0.2, 0.25) is 0 Å².